The van der Waals surface area contributed by atoms with Gasteiger partial charge in [-0.1, -0.05) is 32.0 Å². The third-order valence-electron chi connectivity index (χ3n) is 4.52. The lowest BCUT2D eigenvalue weighted by molar-refractivity contribution is 0.0470. The molecular formula is C21H25NO6S. The molecule has 29 heavy (non-hydrogen) atoms. The van der Waals surface area contributed by atoms with E-state index < -0.39 is 22.0 Å². The van der Waals surface area contributed by atoms with Gasteiger partial charge in [0.15, 0.2) is 0 Å². The minimum absolute atomic E-state index is 0.00719. The molecule has 2 rings (SSSR count). The number of esters is 2. The molecule has 7 nitrogen and oxygen atoms in total. The molecule has 0 atom stereocenters. The second-order valence-corrected chi connectivity index (χ2v) is 8.27. The van der Waals surface area contributed by atoms with Crippen LogP contribution < -0.4 is 0 Å². The largest absolute Gasteiger partial charge is 0.465 e. The zero-order valence-electron chi connectivity index (χ0n) is 17.0. The highest BCUT2D eigenvalue weighted by Crippen LogP contribution is 2.20. The van der Waals surface area contributed by atoms with E-state index in [-0.39, 0.29) is 17.1 Å². The normalized spacial score (nSPS) is 11.3. The summed E-state index contributed by atoms with van der Waals surface area (Å²) < 4.78 is 36.7. The first-order valence-electron chi connectivity index (χ1n) is 9.19. The van der Waals surface area contributed by atoms with Crippen molar-refractivity contribution in [3.8, 4) is 0 Å². The quantitative estimate of drug-likeness (QED) is 0.611. The zero-order chi connectivity index (χ0) is 21.6. The van der Waals surface area contributed by atoms with E-state index >= 15 is 0 Å². The van der Waals surface area contributed by atoms with Crippen LogP contribution in [0.15, 0.2) is 47.4 Å². The van der Waals surface area contributed by atoms with Gasteiger partial charge in [0.1, 0.15) is 6.61 Å². The maximum Gasteiger partial charge on any atom is 0.338 e. The molecule has 0 radical (unpaired) electrons. The minimum Gasteiger partial charge on any atom is -0.465 e. The number of carbonyl (C=O) groups excluding carboxylic acids is 2. The topological polar surface area (TPSA) is 90.0 Å². The molecule has 0 amide bonds. The van der Waals surface area contributed by atoms with Gasteiger partial charge in [-0.25, -0.2) is 18.0 Å². The van der Waals surface area contributed by atoms with E-state index in [9.17, 15) is 18.0 Å². The second-order valence-electron chi connectivity index (χ2n) is 6.33. The van der Waals surface area contributed by atoms with Crippen molar-refractivity contribution in [2.45, 2.75) is 32.3 Å². The molecule has 0 fully saturated rings. The minimum atomic E-state index is -3.67. The molecule has 0 aliphatic heterocycles. The maximum absolute atomic E-state index is 12.7. The number of carbonyl (C=O) groups is 2. The van der Waals surface area contributed by atoms with Crippen molar-refractivity contribution < 1.29 is 27.5 Å². The number of aryl methyl sites for hydroxylation is 1. The summed E-state index contributed by atoms with van der Waals surface area (Å²) in [6.45, 7) is 5.91. The first-order valence-corrected chi connectivity index (χ1v) is 10.6. The average Bonchev–Trinajstić information content (AvgIpc) is 2.72. The standard InChI is InChI=1S/C21H25NO6S/c1-5-22(6-2)29(25,26)18-12-7-15(3)19(13-18)21(24)28-14-16-8-10-17(11-9-16)20(23)27-4/h7-13H,5-6,14H2,1-4H3. The van der Waals surface area contributed by atoms with Crippen molar-refractivity contribution in [1.29, 1.82) is 0 Å². The number of hydrogen-bond donors (Lipinski definition) is 0. The Balaban J connectivity index is 2.18. The van der Waals surface area contributed by atoms with Gasteiger partial charge in [-0.05, 0) is 42.3 Å². The SMILES string of the molecule is CCN(CC)S(=O)(=O)c1ccc(C)c(C(=O)OCc2ccc(C(=O)OC)cc2)c1. The lowest BCUT2D eigenvalue weighted by atomic mass is 10.1. The van der Waals surface area contributed by atoms with Crippen molar-refractivity contribution in [3.05, 3.63) is 64.7 Å². The molecule has 2 aromatic carbocycles. The van der Waals surface area contributed by atoms with E-state index in [1.165, 1.54) is 23.5 Å². The third kappa shape index (κ3) is 5.21. The van der Waals surface area contributed by atoms with Gasteiger partial charge < -0.3 is 9.47 Å². The van der Waals surface area contributed by atoms with Gasteiger partial charge in [-0.2, -0.15) is 4.31 Å². The summed E-state index contributed by atoms with van der Waals surface area (Å²) in [7, 11) is -2.37. The van der Waals surface area contributed by atoms with Gasteiger partial charge in [-0.3, -0.25) is 0 Å². The molecule has 0 aliphatic rings. The fourth-order valence-electron chi connectivity index (χ4n) is 2.78. The predicted octanol–water partition coefficient (Wildman–Crippen LogP) is 3.17. The van der Waals surface area contributed by atoms with Crippen LogP contribution in [0, 0.1) is 6.92 Å². The number of ether oxygens (including phenoxy) is 2. The van der Waals surface area contributed by atoms with Crippen molar-refractivity contribution in [1.82, 2.24) is 4.31 Å². The highest BCUT2D eigenvalue weighted by molar-refractivity contribution is 7.89. The van der Waals surface area contributed by atoms with Gasteiger partial charge in [0.2, 0.25) is 10.0 Å². The molecule has 0 unspecified atom stereocenters. The summed E-state index contributed by atoms with van der Waals surface area (Å²) >= 11 is 0. The van der Waals surface area contributed by atoms with Crippen LogP contribution in [0.25, 0.3) is 0 Å². The average molecular weight is 419 g/mol. The van der Waals surface area contributed by atoms with Crippen LogP contribution in [0.3, 0.4) is 0 Å². The van der Waals surface area contributed by atoms with Crippen LogP contribution in [0.4, 0.5) is 0 Å². The van der Waals surface area contributed by atoms with Gasteiger partial charge in [0.05, 0.1) is 23.1 Å². The summed E-state index contributed by atoms with van der Waals surface area (Å²) in [5.74, 6) is -1.06. The van der Waals surface area contributed by atoms with Crippen LogP contribution >= 0.6 is 0 Å². The number of methoxy groups -OCH3 is 1. The highest BCUT2D eigenvalue weighted by atomic mass is 32.2. The lowest BCUT2D eigenvalue weighted by Crippen LogP contribution is -2.30. The molecule has 0 aliphatic carbocycles. The molecule has 156 valence electrons. The van der Waals surface area contributed by atoms with Crippen molar-refractivity contribution >= 4 is 22.0 Å². The van der Waals surface area contributed by atoms with Gasteiger partial charge in [-0.15, -0.1) is 0 Å². The zero-order valence-corrected chi connectivity index (χ0v) is 17.8. The van der Waals surface area contributed by atoms with Crippen LogP contribution in [0.5, 0.6) is 0 Å². The molecule has 0 bridgehead atoms. The van der Waals surface area contributed by atoms with Crippen LogP contribution in [0.2, 0.25) is 0 Å². The van der Waals surface area contributed by atoms with E-state index in [0.29, 0.717) is 29.8 Å². The molecule has 2 aromatic rings. The third-order valence-corrected chi connectivity index (χ3v) is 6.56. The number of rotatable bonds is 8. The Bertz CT molecular complexity index is 979. The Morgan fingerprint density at radius 2 is 1.59 bits per heavy atom. The Morgan fingerprint density at radius 3 is 2.14 bits per heavy atom. The van der Waals surface area contributed by atoms with E-state index in [4.69, 9.17) is 4.74 Å². The Hall–Kier alpha value is -2.71. The molecular weight excluding hydrogens is 394 g/mol. The van der Waals surface area contributed by atoms with E-state index in [1.54, 1.807) is 51.1 Å². The summed E-state index contributed by atoms with van der Waals surface area (Å²) in [5.41, 5.74) is 1.90. The number of sulfonamides is 1. The van der Waals surface area contributed by atoms with Crippen LogP contribution in [-0.2, 0) is 26.1 Å². The maximum atomic E-state index is 12.7. The molecule has 0 heterocycles. The fraction of sp³-hybridized carbons (Fsp3) is 0.333. The molecule has 0 saturated carbocycles. The van der Waals surface area contributed by atoms with Crippen molar-refractivity contribution in [2.75, 3.05) is 20.2 Å². The highest BCUT2D eigenvalue weighted by Gasteiger charge is 2.23. The summed E-state index contributed by atoms with van der Waals surface area (Å²) in [6, 6.07) is 10.9. The first kappa shape index (κ1) is 22.6. The van der Waals surface area contributed by atoms with E-state index in [1.807, 2.05) is 0 Å². The Kier molecular flexibility index (Phi) is 7.53. The second kappa shape index (κ2) is 9.67. The summed E-state index contributed by atoms with van der Waals surface area (Å²) in [4.78, 5) is 24.1. The lowest BCUT2D eigenvalue weighted by Gasteiger charge is -2.19. The van der Waals surface area contributed by atoms with Crippen LogP contribution in [-0.4, -0.2) is 44.9 Å². The Labute approximate surface area is 171 Å². The van der Waals surface area contributed by atoms with E-state index in [2.05, 4.69) is 4.74 Å². The molecule has 0 spiro atoms. The van der Waals surface area contributed by atoms with Crippen LogP contribution in [0.1, 0.15) is 45.7 Å². The number of benzene rings is 2. The van der Waals surface area contributed by atoms with Gasteiger partial charge in [0, 0.05) is 13.1 Å². The fourth-order valence-corrected chi connectivity index (χ4v) is 4.26. The summed E-state index contributed by atoms with van der Waals surface area (Å²) in [6.07, 6.45) is 0. The van der Waals surface area contributed by atoms with Gasteiger partial charge in [0.25, 0.3) is 0 Å². The monoisotopic (exact) mass is 419 g/mol. The molecule has 0 saturated heterocycles. The smallest absolute Gasteiger partial charge is 0.338 e. The summed E-state index contributed by atoms with van der Waals surface area (Å²) in [5, 5.41) is 0. The predicted molar refractivity (Wildman–Crippen MR) is 108 cm³/mol. The number of nitrogens with zero attached hydrogens (tertiary/aromatic N) is 1. The number of hydrogen-bond acceptors (Lipinski definition) is 6. The molecule has 0 aromatic heterocycles. The Morgan fingerprint density at radius 1 is 0.966 bits per heavy atom. The first-order chi connectivity index (χ1) is 13.7. The molecule has 8 heteroatoms. The van der Waals surface area contributed by atoms with Crippen molar-refractivity contribution in [3.63, 3.8) is 0 Å². The van der Waals surface area contributed by atoms with Crippen molar-refractivity contribution in [2.24, 2.45) is 0 Å². The van der Waals surface area contributed by atoms with E-state index in [0.717, 1.165) is 0 Å². The molecule has 0 N–H and O–H groups in total. The van der Waals surface area contributed by atoms with Gasteiger partial charge >= 0.3 is 11.9 Å².